The summed E-state index contributed by atoms with van der Waals surface area (Å²) < 4.78 is 1.18. The normalized spacial score (nSPS) is 15.3. The largest absolute Gasteiger partial charge is 0.338 e. The van der Waals surface area contributed by atoms with Gasteiger partial charge in [-0.15, -0.1) is 35.1 Å². The van der Waals surface area contributed by atoms with Gasteiger partial charge in [-0.1, -0.05) is 12.1 Å². The van der Waals surface area contributed by atoms with E-state index in [9.17, 15) is 4.79 Å². The first-order valence-corrected chi connectivity index (χ1v) is 9.80. The molecule has 0 bridgehead atoms. The lowest BCUT2D eigenvalue weighted by atomic mass is 10.1. The van der Waals surface area contributed by atoms with Crippen LogP contribution in [0.15, 0.2) is 36.4 Å². The van der Waals surface area contributed by atoms with Crippen LogP contribution in [-0.4, -0.2) is 42.0 Å². The lowest BCUT2D eigenvalue weighted by Crippen LogP contribution is -2.43. The lowest BCUT2D eigenvalue weighted by Gasteiger charge is -2.31. The van der Waals surface area contributed by atoms with Gasteiger partial charge in [0, 0.05) is 19.1 Å². The molecule has 1 fully saturated rings. The third-order valence-corrected chi connectivity index (χ3v) is 6.79. The number of aromatic nitrogens is 1. The second kappa shape index (κ2) is 7.83. The summed E-state index contributed by atoms with van der Waals surface area (Å²) in [5, 5.41) is 4.29. The van der Waals surface area contributed by atoms with E-state index in [0.717, 1.165) is 46.2 Å². The first-order chi connectivity index (χ1) is 11.7. The Hall–Kier alpha value is -1.47. The van der Waals surface area contributed by atoms with Crippen molar-refractivity contribution < 1.29 is 4.79 Å². The number of amides is 1. The number of nitrogens with zero attached hydrogens (tertiary/aromatic N) is 2. The van der Waals surface area contributed by atoms with E-state index in [1.54, 1.807) is 22.7 Å². The number of fused-ring (bicyclic) bond motifs is 1. The number of thiazole rings is 1. The Bertz CT molecular complexity index is 835. The van der Waals surface area contributed by atoms with E-state index >= 15 is 0 Å². The first kappa shape index (κ1) is 18.3. The van der Waals surface area contributed by atoms with Crippen LogP contribution >= 0.6 is 35.1 Å². The highest BCUT2D eigenvalue weighted by molar-refractivity contribution is 7.26. The topological polar surface area (TPSA) is 45.2 Å². The van der Waals surface area contributed by atoms with E-state index in [-0.39, 0.29) is 18.3 Å². The van der Waals surface area contributed by atoms with E-state index in [2.05, 4.69) is 16.4 Å². The highest BCUT2D eigenvalue weighted by atomic mass is 35.5. The molecule has 4 rings (SSSR count). The minimum absolute atomic E-state index is 0. The minimum Gasteiger partial charge on any atom is -0.338 e. The van der Waals surface area contributed by atoms with E-state index in [0.29, 0.717) is 6.04 Å². The molecule has 1 amide bonds. The van der Waals surface area contributed by atoms with Gasteiger partial charge in [-0.05, 0) is 44.2 Å². The Balaban J connectivity index is 0.00000182. The number of halogens is 1. The summed E-state index contributed by atoms with van der Waals surface area (Å²) in [7, 11) is 1.99. The zero-order valence-corrected chi connectivity index (χ0v) is 16.3. The molecule has 1 aliphatic rings. The van der Waals surface area contributed by atoms with Crippen molar-refractivity contribution in [3.05, 3.63) is 41.3 Å². The molecular formula is C18H20ClN3OS2. The molecule has 0 aliphatic carbocycles. The van der Waals surface area contributed by atoms with Crippen LogP contribution in [0, 0.1) is 0 Å². The predicted molar refractivity (Wildman–Crippen MR) is 108 cm³/mol. The molecular weight excluding hydrogens is 374 g/mol. The molecule has 1 aromatic carbocycles. The summed E-state index contributed by atoms with van der Waals surface area (Å²) in [6.45, 7) is 1.66. The number of piperidine rings is 1. The molecule has 1 saturated heterocycles. The molecule has 0 saturated carbocycles. The molecule has 25 heavy (non-hydrogen) atoms. The van der Waals surface area contributed by atoms with Gasteiger partial charge in [0.25, 0.3) is 5.91 Å². The number of thiophene rings is 1. The number of hydrogen-bond donors (Lipinski definition) is 1. The monoisotopic (exact) mass is 393 g/mol. The predicted octanol–water partition coefficient (Wildman–Crippen LogP) is 4.27. The van der Waals surface area contributed by atoms with Crippen molar-refractivity contribution in [2.24, 2.45) is 0 Å². The summed E-state index contributed by atoms with van der Waals surface area (Å²) >= 11 is 3.23. The third kappa shape index (κ3) is 3.72. The van der Waals surface area contributed by atoms with Gasteiger partial charge in [0.2, 0.25) is 0 Å². The molecule has 4 nitrogen and oxygen atoms in total. The summed E-state index contributed by atoms with van der Waals surface area (Å²) in [6, 6.07) is 12.7. The average molecular weight is 394 g/mol. The van der Waals surface area contributed by atoms with Gasteiger partial charge in [0.1, 0.15) is 5.01 Å². The van der Waals surface area contributed by atoms with E-state index < -0.39 is 0 Å². The first-order valence-electron chi connectivity index (χ1n) is 8.17. The second-order valence-corrected chi connectivity index (χ2v) is 8.12. The molecule has 132 valence electrons. The van der Waals surface area contributed by atoms with Gasteiger partial charge in [-0.3, -0.25) is 4.79 Å². The van der Waals surface area contributed by atoms with Gasteiger partial charge in [0.15, 0.2) is 0 Å². The van der Waals surface area contributed by atoms with Crippen LogP contribution in [0.5, 0.6) is 0 Å². The van der Waals surface area contributed by atoms with Crippen LogP contribution < -0.4 is 5.32 Å². The SMILES string of the molecule is CNC1CCN(C(=O)c2ccc(-c3nc4ccccc4s3)s2)CC1.Cl. The highest BCUT2D eigenvalue weighted by Crippen LogP contribution is 2.34. The minimum atomic E-state index is 0. The van der Waals surface area contributed by atoms with E-state index in [4.69, 9.17) is 0 Å². The molecule has 0 radical (unpaired) electrons. The smallest absolute Gasteiger partial charge is 0.263 e. The molecule has 0 atom stereocenters. The van der Waals surface area contributed by atoms with Crippen LogP contribution in [0.1, 0.15) is 22.5 Å². The maximum atomic E-state index is 12.7. The second-order valence-electron chi connectivity index (χ2n) is 6.01. The number of likely N-dealkylation sites (tertiary alicyclic amines) is 1. The number of nitrogens with one attached hydrogen (secondary N) is 1. The van der Waals surface area contributed by atoms with Crippen LogP contribution in [-0.2, 0) is 0 Å². The van der Waals surface area contributed by atoms with Crippen molar-refractivity contribution in [2.45, 2.75) is 18.9 Å². The Morgan fingerprint density at radius 2 is 1.92 bits per heavy atom. The molecule has 7 heteroatoms. The maximum absolute atomic E-state index is 12.7. The molecule has 1 N–H and O–H groups in total. The van der Waals surface area contributed by atoms with Crippen LogP contribution in [0.25, 0.3) is 20.1 Å². The molecule has 2 aromatic heterocycles. The van der Waals surface area contributed by atoms with E-state index in [1.165, 1.54) is 4.70 Å². The fourth-order valence-electron chi connectivity index (χ4n) is 3.07. The zero-order chi connectivity index (χ0) is 16.5. The van der Waals surface area contributed by atoms with Crippen LogP contribution in [0.3, 0.4) is 0 Å². The Labute approximate surface area is 161 Å². The quantitative estimate of drug-likeness (QED) is 0.722. The molecule has 0 spiro atoms. The van der Waals surface area contributed by atoms with Crippen molar-refractivity contribution >= 4 is 51.2 Å². The summed E-state index contributed by atoms with van der Waals surface area (Å²) in [6.07, 6.45) is 2.05. The average Bonchev–Trinajstić information content (AvgIpc) is 3.27. The maximum Gasteiger partial charge on any atom is 0.263 e. The van der Waals surface area contributed by atoms with E-state index in [1.807, 2.05) is 42.3 Å². The molecule has 0 unspecified atom stereocenters. The molecule has 3 heterocycles. The number of hydrogen-bond acceptors (Lipinski definition) is 5. The molecule has 1 aliphatic heterocycles. The van der Waals surface area contributed by atoms with Crippen molar-refractivity contribution in [2.75, 3.05) is 20.1 Å². The Morgan fingerprint density at radius 1 is 1.16 bits per heavy atom. The number of rotatable bonds is 3. The number of benzene rings is 1. The fraction of sp³-hybridized carbons (Fsp3) is 0.333. The zero-order valence-electron chi connectivity index (χ0n) is 13.9. The van der Waals surface area contributed by atoms with Gasteiger partial charge >= 0.3 is 0 Å². The Morgan fingerprint density at radius 3 is 2.64 bits per heavy atom. The van der Waals surface area contributed by atoms with Gasteiger partial charge in [0.05, 0.1) is 20.0 Å². The highest BCUT2D eigenvalue weighted by Gasteiger charge is 2.24. The van der Waals surface area contributed by atoms with Gasteiger partial charge in [-0.2, -0.15) is 0 Å². The summed E-state index contributed by atoms with van der Waals surface area (Å²) in [4.78, 5) is 21.3. The summed E-state index contributed by atoms with van der Waals surface area (Å²) in [5.41, 5.74) is 1.02. The number of para-hydroxylation sites is 1. The third-order valence-electron chi connectivity index (χ3n) is 4.51. The Kier molecular flexibility index (Phi) is 5.74. The standard InChI is InChI=1S/C18H19N3OS2.ClH/c1-19-12-8-10-21(11-9-12)18(22)16-7-6-15(23-16)17-20-13-4-2-3-5-14(13)24-17;/h2-7,12,19H,8-11H2,1H3;1H. The number of carbonyl (C=O) groups excluding carboxylic acids is 1. The van der Waals surface area contributed by atoms with Gasteiger partial charge in [-0.25, -0.2) is 4.98 Å². The molecule has 3 aromatic rings. The van der Waals surface area contributed by atoms with Crippen molar-refractivity contribution in [3.8, 4) is 9.88 Å². The van der Waals surface area contributed by atoms with Crippen molar-refractivity contribution in [3.63, 3.8) is 0 Å². The van der Waals surface area contributed by atoms with Crippen molar-refractivity contribution in [1.29, 1.82) is 0 Å². The van der Waals surface area contributed by atoms with Crippen molar-refractivity contribution in [1.82, 2.24) is 15.2 Å². The van der Waals surface area contributed by atoms with Crippen LogP contribution in [0.2, 0.25) is 0 Å². The lowest BCUT2D eigenvalue weighted by molar-refractivity contribution is 0.0712. The summed E-state index contributed by atoms with van der Waals surface area (Å²) in [5.74, 6) is 0.155. The number of carbonyl (C=O) groups is 1. The van der Waals surface area contributed by atoms with Crippen LogP contribution in [0.4, 0.5) is 0 Å². The fourth-order valence-corrected chi connectivity index (χ4v) is 5.07. The van der Waals surface area contributed by atoms with Gasteiger partial charge < -0.3 is 10.2 Å².